The van der Waals surface area contributed by atoms with Crippen LogP contribution in [0.2, 0.25) is 0 Å². The highest BCUT2D eigenvalue weighted by Gasteiger charge is 2.39. The van der Waals surface area contributed by atoms with Gasteiger partial charge >= 0.3 is 5.97 Å². The van der Waals surface area contributed by atoms with Gasteiger partial charge in [0.15, 0.2) is 23.1 Å². The van der Waals surface area contributed by atoms with Crippen LogP contribution in [0.15, 0.2) is 71.7 Å². The Bertz CT molecular complexity index is 2540. The average Bonchev–Trinajstić information content (AvgIpc) is 4.07. The number of phenolic OH excluding ortho intramolecular Hbond substituents is 1. The lowest BCUT2D eigenvalue weighted by Gasteiger charge is -2.32. The lowest BCUT2D eigenvalue weighted by molar-refractivity contribution is -0.144. The van der Waals surface area contributed by atoms with Crippen molar-refractivity contribution in [1.82, 2.24) is 20.0 Å². The summed E-state index contributed by atoms with van der Waals surface area (Å²) in [5.74, 6) is -6.98. The molecule has 6 rings (SSSR count). The first-order valence-corrected chi connectivity index (χ1v) is 22.2. The van der Waals surface area contributed by atoms with E-state index in [1.807, 2.05) is 12.1 Å². The quantitative estimate of drug-likeness (QED) is 0.0656. The van der Waals surface area contributed by atoms with Gasteiger partial charge in [0.2, 0.25) is 11.8 Å². The number of hydrogen-bond donors (Lipinski definition) is 8. The number of hydrogen-bond acceptors (Lipinski definition) is 15. The van der Waals surface area contributed by atoms with Crippen LogP contribution < -0.4 is 37.6 Å². The van der Waals surface area contributed by atoms with Crippen molar-refractivity contribution in [3.63, 3.8) is 0 Å². The number of aliphatic carboxylic acids is 1. The van der Waals surface area contributed by atoms with Crippen molar-refractivity contribution in [2.24, 2.45) is 29.0 Å². The van der Waals surface area contributed by atoms with E-state index in [4.69, 9.17) is 26.7 Å². The number of fused-ring (bicyclic) bond motifs is 5. The predicted molar refractivity (Wildman–Crippen MR) is 245 cm³/mol. The van der Waals surface area contributed by atoms with Gasteiger partial charge < -0.3 is 57.3 Å². The topological polar surface area (TPSA) is 313 Å². The molecule has 2 heterocycles. The Balaban J connectivity index is 1.41. The Morgan fingerprint density at radius 1 is 0.910 bits per heavy atom. The van der Waals surface area contributed by atoms with Gasteiger partial charge in [0.25, 0.3) is 5.56 Å². The summed E-state index contributed by atoms with van der Waals surface area (Å²) in [5, 5.41) is 49.4. The monoisotopic (exact) mass is 925 g/mol. The Hall–Kier alpha value is -6.51. The summed E-state index contributed by atoms with van der Waals surface area (Å²) >= 11 is 0. The second-order valence-corrected chi connectivity index (χ2v) is 17.7. The number of phenols is 1. The van der Waals surface area contributed by atoms with Crippen LogP contribution in [0.4, 0.5) is 0 Å². The largest absolute Gasteiger partial charge is 0.504 e. The predicted octanol–water partition coefficient (Wildman–Crippen LogP) is 1.51. The first kappa shape index (κ1) is 49.9. The van der Waals surface area contributed by atoms with Crippen LogP contribution >= 0.6 is 0 Å². The highest BCUT2D eigenvalue weighted by Crippen LogP contribution is 2.48. The van der Waals surface area contributed by atoms with Crippen molar-refractivity contribution >= 4 is 29.4 Å². The number of carbonyl (C=O) groups is 5. The molecule has 0 unspecified atom stereocenters. The van der Waals surface area contributed by atoms with Gasteiger partial charge in [-0.25, -0.2) is 4.79 Å². The van der Waals surface area contributed by atoms with Crippen molar-refractivity contribution in [2.75, 3.05) is 39.9 Å². The molecule has 0 radical (unpaired) electrons. The highest BCUT2D eigenvalue weighted by molar-refractivity contribution is 5.99. The fourth-order valence-corrected chi connectivity index (χ4v) is 8.04. The van der Waals surface area contributed by atoms with E-state index in [9.17, 15) is 49.2 Å². The van der Waals surface area contributed by atoms with E-state index < -0.39 is 96.2 Å². The molecule has 2 amide bonds. The zero-order valence-electron chi connectivity index (χ0n) is 37.7. The Kier molecular flexibility index (Phi) is 16.0. The number of likely N-dealkylation sites (N-methyl/N-ethyl adjacent to an activating group) is 1. The molecule has 1 saturated carbocycles. The Morgan fingerprint density at radius 3 is 2.16 bits per heavy atom. The molecule has 1 aliphatic carbocycles. The van der Waals surface area contributed by atoms with Gasteiger partial charge in [-0.15, -0.1) is 0 Å². The number of ether oxygens (including phenoxy) is 2. The van der Waals surface area contributed by atoms with E-state index in [0.29, 0.717) is 11.3 Å². The number of carbonyl (C=O) groups excluding carboxylic acids is 4. The minimum absolute atomic E-state index is 0.0162. The van der Waals surface area contributed by atoms with Crippen LogP contribution in [-0.2, 0) is 31.0 Å². The minimum Gasteiger partial charge on any atom is -0.504 e. The van der Waals surface area contributed by atoms with E-state index in [1.165, 1.54) is 49.1 Å². The first-order valence-electron chi connectivity index (χ1n) is 22.2. The first-order chi connectivity index (χ1) is 31.9. The molecule has 0 saturated heterocycles. The summed E-state index contributed by atoms with van der Waals surface area (Å²) in [7, 11) is 1.33. The molecule has 4 aromatic rings. The molecule has 6 atom stereocenters. The molecule has 19 heteroatoms. The number of benzene rings is 3. The molecular formula is C48H59N7O12. The molecule has 19 nitrogen and oxygen atoms in total. The molecule has 2 aliphatic rings. The molecule has 67 heavy (non-hydrogen) atoms. The number of amides is 2. The number of nitrogens with one attached hydrogen (secondary N) is 1. The number of Topliss-reactive ketones (excluding diaryl/α,β-unsaturated/α-hetero) is 2. The lowest BCUT2D eigenvalue weighted by atomic mass is 9.88. The Labute approximate surface area is 386 Å². The molecule has 3 aromatic carbocycles. The van der Waals surface area contributed by atoms with E-state index in [-0.39, 0.29) is 78.3 Å². The van der Waals surface area contributed by atoms with E-state index in [2.05, 4.69) is 17.3 Å². The third kappa shape index (κ3) is 11.7. The van der Waals surface area contributed by atoms with Gasteiger partial charge in [0.05, 0.1) is 11.9 Å². The number of rotatable bonds is 18. The number of carboxylic acids is 1. The molecule has 0 spiro atoms. The minimum atomic E-state index is -1.54. The van der Waals surface area contributed by atoms with Crippen molar-refractivity contribution in [1.29, 1.82) is 0 Å². The maximum absolute atomic E-state index is 14.7. The van der Waals surface area contributed by atoms with Gasteiger partial charge in [0.1, 0.15) is 43.3 Å². The third-order valence-electron chi connectivity index (χ3n) is 12.4. The van der Waals surface area contributed by atoms with E-state index in [1.54, 1.807) is 18.2 Å². The average molecular weight is 926 g/mol. The summed E-state index contributed by atoms with van der Waals surface area (Å²) < 4.78 is 13.0. The molecule has 1 aliphatic heterocycles. The number of aromatic nitrogens is 2. The smallest absolute Gasteiger partial charge is 0.326 e. The third-order valence-corrected chi connectivity index (χ3v) is 12.4. The van der Waals surface area contributed by atoms with Gasteiger partial charge in [-0.2, -0.15) is 9.78 Å². The summed E-state index contributed by atoms with van der Waals surface area (Å²) in [5.41, 5.74) is 19.0. The number of carboxylic acid groups (broad SMARTS) is 1. The number of nitrogens with zero attached hydrogens (tertiary/aromatic N) is 3. The van der Waals surface area contributed by atoms with E-state index in [0.717, 1.165) is 29.4 Å². The standard InChI is InChI=1S/C48H59N7O12/c1-26-14-39(59)43(54(3)46(63)28(10-13-49)18-38(58)30-20-42(60)55(52-23-30)32-7-5-31(6-8-32)48(2)11-12-48)29-17-36(44(61)41(19-29)67-25-34(57)22-51)35-15-27(16-37(47(64)65)53-45(26)62)4-9-40(35)66-24-33(56)21-50/h4-9,15,17,19-20,23,26,28,33-34,37,43,56-57,61H,10-14,16,18,21-22,24-25,49-51H2,1-3H3,(H,53,62)(H,64,65)/t26-,28-,33-,34-,37+,43+/m1/s1. The number of aliphatic hydroxyl groups is 2. The molecule has 1 fully saturated rings. The summed E-state index contributed by atoms with van der Waals surface area (Å²) in [4.78, 5) is 83.8. The second kappa shape index (κ2) is 21.4. The van der Waals surface area contributed by atoms with Gasteiger partial charge in [-0.1, -0.05) is 32.0 Å². The lowest BCUT2D eigenvalue weighted by Crippen LogP contribution is -2.45. The van der Waals surface area contributed by atoms with Gasteiger partial charge in [-0.05, 0) is 84.3 Å². The van der Waals surface area contributed by atoms with Crippen molar-refractivity contribution in [3.05, 3.63) is 99.5 Å². The number of aromatic hydroxyl groups is 1. The van der Waals surface area contributed by atoms with Crippen molar-refractivity contribution in [2.45, 2.75) is 82.1 Å². The number of ketones is 2. The SMILES string of the molecule is C[C@@H]1CC(=O)[C@@H](N(C)C(=O)[C@H](CCN)CC(=O)c2cnn(-c3ccc(C4(C)CC4)cc3)c(=O)c2)c2cc(OC[C@H](O)CN)c(O)c(c2)-c2cc(ccc2OC[C@H](O)CN)C[C@@H](C(=O)O)NC1=O. The summed E-state index contributed by atoms with van der Waals surface area (Å²) in [6.45, 7) is 2.51. The molecule has 4 bridgehead atoms. The summed E-state index contributed by atoms with van der Waals surface area (Å²) in [6, 6.07) is 12.9. The van der Waals surface area contributed by atoms with Crippen LogP contribution in [0.1, 0.15) is 79.0 Å². The normalized spacial score (nSPS) is 19.3. The van der Waals surface area contributed by atoms with Crippen molar-refractivity contribution < 1.29 is 53.9 Å². The number of aliphatic hydroxyl groups excluding tert-OH is 2. The van der Waals surface area contributed by atoms with Gasteiger partial charge in [-0.3, -0.25) is 24.0 Å². The van der Waals surface area contributed by atoms with E-state index >= 15 is 0 Å². The zero-order valence-corrected chi connectivity index (χ0v) is 37.7. The fourth-order valence-electron chi connectivity index (χ4n) is 8.04. The van der Waals surface area contributed by atoms with Gasteiger partial charge in [0, 0.05) is 74.0 Å². The molecular weight excluding hydrogens is 867 g/mol. The van der Waals surface area contributed by atoms with Crippen LogP contribution in [0.3, 0.4) is 0 Å². The maximum Gasteiger partial charge on any atom is 0.326 e. The van der Waals surface area contributed by atoms with Crippen LogP contribution in [0.25, 0.3) is 16.8 Å². The highest BCUT2D eigenvalue weighted by atomic mass is 16.5. The van der Waals surface area contributed by atoms with Crippen LogP contribution in [0, 0.1) is 11.8 Å². The maximum atomic E-state index is 14.7. The van der Waals surface area contributed by atoms with Crippen molar-refractivity contribution in [3.8, 4) is 34.1 Å². The molecule has 1 aromatic heterocycles. The molecule has 358 valence electrons. The number of nitrogens with two attached hydrogens (primary N) is 3. The fraction of sp³-hybridized carbons (Fsp3) is 0.438. The molecule has 11 N–H and O–H groups in total. The zero-order chi connectivity index (χ0) is 48.7. The Morgan fingerprint density at radius 2 is 1.57 bits per heavy atom. The summed E-state index contributed by atoms with van der Waals surface area (Å²) in [6.07, 6.45) is -0.0329. The second-order valence-electron chi connectivity index (χ2n) is 17.7. The van der Waals surface area contributed by atoms with Crippen LogP contribution in [-0.4, -0.2) is 123 Å². The van der Waals surface area contributed by atoms with Crippen LogP contribution in [0.5, 0.6) is 17.2 Å².